The number of benzene rings is 1. The topological polar surface area (TPSA) is 78.9 Å². The lowest BCUT2D eigenvalue weighted by Gasteiger charge is -2.11. The minimum atomic E-state index is -0.487. The zero-order chi connectivity index (χ0) is 14.7. The van der Waals surface area contributed by atoms with E-state index < -0.39 is 6.04 Å². The van der Waals surface area contributed by atoms with Gasteiger partial charge in [-0.05, 0) is 24.3 Å². The lowest BCUT2D eigenvalue weighted by molar-refractivity contribution is 0.404. The Morgan fingerprint density at radius 2 is 1.95 bits per heavy atom. The average molecular weight is 281 g/mol. The number of para-hydroxylation sites is 1. The van der Waals surface area contributed by atoms with E-state index in [1.54, 1.807) is 30.4 Å². The molecule has 3 rings (SSSR count). The number of pyridine rings is 1. The minimum Gasteiger partial charge on any atom is -0.495 e. The van der Waals surface area contributed by atoms with E-state index in [4.69, 9.17) is 10.5 Å². The number of hydrogen-bond acceptors (Lipinski definition) is 5. The van der Waals surface area contributed by atoms with Crippen molar-refractivity contribution in [2.45, 2.75) is 6.04 Å². The SMILES string of the molecule is COc1cccnc1C(N)c1cnn(-c2ccccc2)n1. The first-order chi connectivity index (χ1) is 10.3. The predicted octanol–water partition coefficient (Wildman–Crippen LogP) is 1.72. The molecule has 0 bridgehead atoms. The second kappa shape index (κ2) is 5.72. The molecule has 6 nitrogen and oxygen atoms in total. The Labute approximate surface area is 122 Å². The van der Waals surface area contributed by atoms with Crippen LogP contribution in [0.5, 0.6) is 5.75 Å². The Bertz CT molecular complexity index is 726. The molecule has 0 aliphatic rings. The third kappa shape index (κ3) is 2.61. The standard InChI is InChI=1S/C15H15N5O/c1-21-13-8-5-9-17-15(13)14(16)12-10-18-20(19-12)11-6-3-2-4-7-11/h2-10,14H,16H2,1H3. The third-order valence-electron chi connectivity index (χ3n) is 3.13. The van der Waals surface area contributed by atoms with Crippen molar-refractivity contribution >= 4 is 0 Å². The Morgan fingerprint density at radius 1 is 1.14 bits per heavy atom. The van der Waals surface area contributed by atoms with Gasteiger partial charge in [-0.2, -0.15) is 15.0 Å². The molecular formula is C15H15N5O. The van der Waals surface area contributed by atoms with Gasteiger partial charge in [0.25, 0.3) is 0 Å². The van der Waals surface area contributed by atoms with Crippen LogP contribution in [0.1, 0.15) is 17.4 Å². The van der Waals surface area contributed by atoms with Crippen LogP contribution < -0.4 is 10.5 Å². The molecule has 0 fully saturated rings. The first kappa shape index (κ1) is 13.3. The van der Waals surface area contributed by atoms with E-state index in [1.807, 2.05) is 36.4 Å². The van der Waals surface area contributed by atoms with Crippen molar-refractivity contribution in [1.29, 1.82) is 0 Å². The Hall–Kier alpha value is -2.73. The van der Waals surface area contributed by atoms with Crippen molar-refractivity contribution in [3.63, 3.8) is 0 Å². The van der Waals surface area contributed by atoms with E-state index in [0.717, 1.165) is 5.69 Å². The summed E-state index contributed by atoms with van der Waals surface area (Å²) in [6, 6.07) is 12.8. The molecule has 0 aliphatic carbocycles. The van der Waals surface area contributed by atoms with Crippen LogP contribution in [0.25, 0.3) is 5.69 Å². The molecule has 0 saturated carbocycles. The van der Waals surface area contributed by atoms with Crippen molar-refractivity contribution < 1.29 is 4.74 Å². The highest BCUT2D eigenvalue weighted by Crippen LogP contribution is 2.24. The second-order valence-corrected chi connectivity index (χ2v) is 4.46. The van der Waals surface area contributed by atoms with Gasteiger partial charge < -0.3 is 10.5 Å². The first-order valence-electron chi connectivity index (χ1n) is 6.51. The van der Waals surface area contributed by atoms with Crippen molar-refractivity contribution in [3.05, 3.63) is 66.2 Å². The highest BCUT2D eigenvalue weighted by atomic mass is 16.5. The van der Waals surface area contributed by atoms with E-state index in [9.17, 15) is 0 Å². The number of nitrogens with two attached hydrogens (primary N) is 1. The monoisotopic (exact) mass is 281 g/mol. The van der Waals surface area contributed by atoms with E-state index in [1.165, 1.54) is 0 Å². The number of rotatable bonds is 4. The molecule has 3 aromatic rings. The van der Waals surface area contributed by atoms with Gasteiger partial charge in [0, 0.05) is 6.20 Å². The van der Waals surface area contributed by atoms with Crippen LogP contribution in [0.15, 0.2) is 54.9 Å². The summed E-state index contributed by atoms with van der Waals surface area (Å²) in [5.74, 6) is 0.638. The van der Waals surface area contributed by atoms with Crippen LogP contribution in [0.4, 0.5) is 0 Å². The number of methoxy groups -OCH3 is 1. The summed E-state index contributed by atoms with van der Waals surface area (Å²) in [4.78, 5) is 5.83. The van der Waals surface area contributed by atoms with Gasteiger partial charge in [0.2, 0.25) is 0 Å². The highest BCUT2D eigenvalue weighted by Gasteiger charge is 2.18. The lowest BCUT2D eigenvalue weighted by Crippen LogP contribution is -2.15. The Balaban J connectivity index is 1.93. The van der Waals surface area contributed by atoms with Gasteiger partial charge in [-0.3, -0.25) is 4.98 Å². The average Bonchev–Trinajstić information content (AvgIpc) is 3.05. The van der Waals surface area contributed by atoms with Gasteiger partial charge in [-0.1, -0.05) is 18.2 Å². The summed E-state index contributed by atoms with van der Waals surface area (Å²) in [5, 5.41) is 8.66. The molecular weight excluding hydrogens is 266 g/mol. The molecule has 0 saturated heterocycles. The molecule has 1 aromatic carbocycles. The van der Waals surface area contributed by atoms with Crippen LogP contribution >= 0.6 is 0 Å². The van der Waals surface area contributed by atoms with E-state index >= 15 is 0 Å². The molecule has 106 valence electrons. The molecule has 0 amide bonds. The summed E-state index contributed by atoms with van der Waals surface area (Å²) in [5.41, 5.74) is 8.38. The summed E-state index contributed by atoms with van der Waals surface area (Å²) in [7, 11) is 1.59. The van der Waals surface area contributed by atoms with Gasteiger partial charge in [-0.15, -0.1) is 0 Å². The normalized spacial score (nSPS) is 12.1. The maximum absolute atomic E-state index is 6.23. The van der Waals surface area contributed by atoms with Crippen LogP contribution in [0.3, 0.4) is 0 Å². The van der Waals surface area contributed by atoms with E-state index in [-0.39, 0.29) is 0 Å². The molecule has 2 N–H and O–H groups in total. The van der Waals surface area contributed by atoms with Crippen LogP contribution in [0.2, 0.25) is 0 Å². The van der Waals surface area contributed by atoms with Gasteiger partial charge >= 0.3 is 0 Å². The number of hydrogen-bond donors (Lipinski definition) is 1. The summed E-state index contributed by atoms with van der Waals surface area (Å²) in [6.45, 7) is 0. The second-order valence-electron chi connectivity index (χ2n) is 4.46. The summed E-state index contributed by atoms with van der Waals surface area (Å²) < 4.78 is 5.28. The fourth-order valence-electron chi connectivity index (χ4n) is 2.05. The van der Waals surface area contributed by atoms with Crippen molar-refractivity contribution in [1.82, 2.24) is 20.0 Å². The molecule has 21 heavy (non-hydrogen) atoms. The third-order valence-corrected chi connectivity index (χ3v) is 3.13. The van der Waals surface area contributed by atoms with Crippen molar-refractivity contribution in [2.24, 2.45) is 5.73 Å². The maximum atomic E-state index is 6.23. The number of nitrogens with zero attached hydrogens (tertiary/aromatic N) is 4. The van der Waals surface area contributed by atoms with Crippen LogP contribution in [-0.4, -0.2) is 27.1 Å². The van der Waals surface area contributed by atoms with Gasteiger partial charge in [0.05, 0.1) is 25.0 Å². The van der Waals surface area contributed by atoms with Gasteiger partial charge in [0.1, 0.15) is 17.1 Å². The van der Waals surface area contributed by atoms with Crippen LogP contribution in [0, 0.1) is 0 Å². The molecule has 1 unspecified atom stereocenters. The van der Waals surface area contributed by atoms with E-state index in [2.05, 4.69) is 15.2 Å². The van der Waals surface area contributed by atoms with Crippen molar-refractivity contribution in [2.75, 3.05) is 7.11 Å². The fraction of sp³-hybridized carbons (Fsp3) is 0.133. The zero-order valence-electron chi connectivity index (χ0n) is 11.5. The van der Waals surface area contributed by atoms with E-state index in [0.29, 0.717) is 17.1 Å². The minimum absolute atomic E-state index is 0.487. The number of ether oxygens (including phenoxy) is 1. The predicted molar refractivity (Wildman–Crippen MR) is 78.2 cm³/mol. The van der Waals surface area contributed by atoms with Gasteiger partial charge in [0.15, 0.2) is 0 Å². The Kier molecular flexibility index (Phi) is 3.61. The Morgan fingerprint density at radius 3 is 2.71 bits per heavy atom. The molecule has 2 heterocycles. The summed E-state index contributed by atoms with van der Waals surface area (Å²) >= 11 is 0. The quantitative estimate of drug-likeness (QED) is 0.787. The summed E-state index contributed by atoms with van der Waals surface area (Å²) in [6.07, 6.45) is 3.32. The molecule has 1 atom stereocenters. The maximum Gasteiger partial charge on any atom is 0.142 e. The lowest BCUT2D eigenvalue weighted by atomic mass is 10.1. The largest absolute Gasteiger partial charge is 0.495 e. The first-order valence-corrected chi connectivity index (χ1v) is 6.51. The molecule has 0 aliphatic heterocycles. The highest BCUT2D eigenvalue weighted by molar-refractivity contribution is 5.34. The molecule has 6 heteroatoms. The van der Waals surface area contributed by atoms with Gasteiger partial charge in [-0.25, -0.2) is 0 Å². The molecule has 2 aromatic heterocycles. The number of aromatic nitrogens is 4. The smallest absolute Gasteiger partial charge is 0.142 e. The van der Waals surface area contributed by atoms with Crippen LogP contribution in [-0.2, 0) is 0 Å². The van der Waals surface area contributed by atoms with Crippen molar-refractivity contribution in [3.8, 4) is 11.4 Å². The zero-order valence-corrected chi connectivity index (χ0v) is 11.5. The molecule has 0 radical (unpaired) electrons. The molecule has 0 spiro atoms. The fourth-order valence-corrected chi connectivity index (χ4v) is 2.05.